The average molecular weight is 233 g/mol. The van der Waals surface area contributed by atoms with Gasteiger partial charge in [0.2, 0.25) is 5.88 Å². The molecule has 0 radical (unpaired) electrons. The van der Waals surface area contributed by atoms with Gasteiger partial charge in [-0.25, -0.2) is 0 Å². The van der Waals surface area contributed by atoms with Crippen LogP contribution in [0.2, 0.25) is 0 Å². The first-order valence-electron chi connectivity index (χ1n) is 5.52. The molecule has 0 spiro atoms. The summed E-state index contributed by atoms with van der Waals surface area (Å²) < 4.78 is 3.92. The Balaban J connectivity index is 2.52. The minimum atomic E-state index is 0.115. The summed E-state index contributed by atoms with van der Waals surface area (Å²) in [5.74, 6) is 0.115. The van der Waals surface area contributed by atoms with E-state index in [1.54, 1.807) is 6.07 Å². The van der Waals surface area contributed by atoms with Gasteiger partial charge >= 0.3 is 0 Å². The van der Waals surface area contributed by atoms with Gasteiger partial charge in [-0.3, -0.25) is 0 Å². The molecule has 3 heteroatoms. The lowest BCUT2D eigenvalue weighted by Gasteiger charge is -2.07. The van der Waals surface area contributed by atoms with Gasteiger partial charge in [-0.1, -0.05) is 32.0 Å². The minimum Gasteiger partial charge on any atom is -0.493 e. The fourth-order valence-corrected chi connectivity index (χ4v) is 2.47. The number of hydrogen-bond donors (Lipinski definition) is 1. The second-order valence-electron chi connectivity index (χ2n) is 3.75. The quantitative estimate of drug-likeness (QED) is 0.878. The molecule has 0 aliphatic carbocycles. The van der Waals surface area contributed by atoms with Crippen LogP contribution in [0.4, 0.5) is 0 Å². The molecular weight excluding hydrogens is 218 g/mol. The van der Waals surface area contributed by atoms with Crippen LogP contribution < -0.4 is 0 Å². The van der Waals surface area contributed by atoms with Crippen molar-refractivity contribution in [3.05, 3.63) is 35.4 Å². The largest absolute Gasteiger partial charge is 0.493 e. The Labute approximate surface area is 99.7 Å². The second kappa shape index (κ2) is 4.66. The summed E-state index contributed by atoms with van der Waals surface area (Å²) in [6.45, 7) is 4.29. The summed E-state index contributed by atoms with van der Waals surface area (Å²) in [6.07, 6.45) is 2.03. The van der Waals surface area contributed by atoms with E-state index in [0.717, 1.165) is 17.7 Å². The van der Waals surface area contributed by atoms with E-state index >= 15 is 0 Å². The molecule has 2 nitrogen and oxygen atoms in total. The first-order valence-corrected chi connectivity index (χ1v) is 6.29. The summed E-state index contributed by atoms with van der Waals surface area (Å²) in [6, 6.07) is 8.28. The summed E-state index contributed by atoms with van der Waals surface area (Å²) in [5, 5.41) is 9.30. The molecule has 0 fully saturated rings. The van der Waals surface area contributed by atoms with Crippen molar-refractivity contribution in [3.63, 3.8) is 0 Å². The van der Waals surface area contributed by atoms with Crippen molar-refractivity contribution in [2.45, 2.75) is 26.7 Å². The maximum Gasteiger partial charge on any atom is 0.223 e. The molecule has 0 saturated heterocycles. The highest BCUT2D eigenvalue weighted by Crippen LogP contribution is 2.31. The molecule has 1 aromatic heterocycles. The van der Waals surface area contributed by atoms with E-state index in [0.29, 0.717) is 0 Å². The molecule has 0 amide bonds. The Kier molecular flexibility index (Phi) is 3.25. The van der Waals surface area contributed by atoms with Crippen LogP contribution in [0.15, 0.2) is 24.3 Å². The lowest BCUT2D eigenvalue weighted by molar-refractivity contribution is 0.460. The monoisotopic (exact) mass is 233 g/mol. The van der Waals surface area contributed by atoms with Crippen LogP contribution in [-0.4, -0.2) is 9.48 Å². The Morgan fingerprint density at radius 3 is 2.56 bits per heavy atom. The van der Waals surface area contributed by atoms with Crippen molar-refractivity contribution in [1.82, 2.24) is 4.37 Å². The highest BCUT2D eigenvalue weighted by Gasteiger charge is 2.08. The molecular formula is C13H15NOS. The van der Waals surface area contributed by atoms with Gasteiger partial charge in [0.1, 0.15) is 0 Å². The Morgan fingerprint density at radius 1 is 1.19 bits per heavy atom. The van der Waals surface area contributed by atoms with Crippen molar-refractivity contribution in [2.24, 2.45) is 0 Å². The summed E-state index contributed by atoms with van der Waals surface area (Å²) in [4.78, 5) is 1.05. The van der Waals surface area contributed by atoms with E-state index in [2.05, 4.69) is 36.4 Å². The van der Waals surface area contributed by atoms with Crippen LogP contribution >= 0.6 is 11.5 Å². The molecule has 0 saturated carbocycles. The lowest BCUT2D eigenvalue weighted by atomic mass is 10.00. The minimum absolute atomic E-state index is 0.115. The SMILES string of the molecule is CCc1ccc(CC)c(-c2cc(O)ns2)c1. The maximum atomic E-state index is 9.30. The molecule has 0 unspecified atom stereocenters. The number of hydrogen-bond acceptors (Lipinski definition) is 3. The van der Waals surface area contributed by atoms with Crippen molar-refractivity contribution in [3.8, 4) is 16.3 Å². The lowest BCUT2D eigenvalue weighted by Crippen LogP contribution is -1.89. The fraction of sp³-hybridized carbons (Fsp3) is 0.308. The van der Waals surface area contributed by atoms with Gasteiger partial charge in [0.25, 0.3) is 0 Å². The molecule has 84 valence electrons. The Morgan fingerprint density at radius 2 is 2.00 bits per heavy atom. The molecule has 0 aliphatic heterocycles. The van der Waals surface area contributed by atoms with Crippen molar-refractivity contribution >= 4 is 11.5 Å². The third-order valence-electron chi connectivity index (χ3n) is 2.73. The maximum absolute atomic E-state index is 9.30. The van der Waals surface area contributed by atoms with Gasteiger partial charge in [-0.2, -0.15) is 4.37 Å². The highest BCUT2D eigenvalue weighted by molar-refractivity contribution is 7.09. The highest BCUT2D eigenvalue weighted by atomic mass is 32.1. The topological polar surface area (TPSA) is 33.1 Å². The van der Waals surface area contributed by atoms with Crippen molar-refractivity contribution in [1.29, 1.82) is 0 Å². The molecule has 1 aromatic carbocycles. The normalized spacial score (nSPS) is 10.6. The molecule has 2 aromatic rings. The van der Waals surface area contributed by atoms with Crippen molar-refractivity contribution in [2.75, 3.05) is 0 Å². The number of benzene rings is 1. The van der Waals surface area contributed by atoms with E-state index in [1.807, 2.05) is 0 Å². The van der Waals surface area contributed by atoms with Crippen LogP contribution in [0, 0.1) is 0 Å². The first kappa shape index (κ1) is 11.1. The van der Waals surface area contributed by atoms with Gasteiger partial charge in [0, 0.05) is 6.07 Å². The molecule has 0 aliphatic rings. The van der Waals surface area contributed by atoms with Crippen LogP contribution in [0.5, 0.6) is 5.88 Å². The zero-order chi connectivity index (χ0) is 11.5. The predicted octanol–water partition coefficient (Wildman–Crippen LogP) is 3.64. The predicted molar refractivity (Wildman–Crippen MR) is 68.0 cm³/mol. The molecule has 0 atom stereocenters. The number of nitrogens with zero attached hydrogens (tertiary/aromatic N) is 1. The number of aromatic nitrogens is 1. The fourth-order valence-electron chi connectivity index (χ4n) is 1.77. The van der Waals surface area contributed by atoms with Crippen LogP contribution in [0.1, 0.15) is 25.0 Å². The third-order valence-corrected chi connectivity index (χ3v) is 3.54. The molecule has 2 rings (SSSR count). The van der Waals surface area contributed by atoms with E-state index in [1.165, 1.54) is 28.2 Å². The summed E-state index contributed by atoms with van der Waals surface area (Å²) in [5.41, 5.74) is 3.83. The Bertz CT molecular complexity index is 490. The summed E-state index contributed by atoms with van der Waals surface area (Å²) in [7, 11) is 0. The van der Waals surface area contributed by atoms with Gasteiger partial charge < -0.3 is 5.11 Å². The van der Waals surface area contributed by atoms with E-state index in [4.69, 9.17) is 0 Å². The second-order valence-corrected chi connectivity index (χ2v) is 4.55. The van der Waals surface area contributed by atoms with Gasteiger partial charge in [0.05, 0.1) is 4.88 Å². The average Bonchev–Trinajstić information content (AvgIpc) is 2.75. The van der Waals surface area contributed by atoms with Gasteiger partial charge in [-0.15, -0.1) is 0 Å². The van der Waals surface area contributed by atoms with Crippen molar-refractivity contribution < 1.29 is 5.11 Å². The van der Waals surface area contributed by atoms with Crippen LogP contribution in [0.3, 0.4) is 0 Å². The molecule has 16 heavy (non-hydrogen) atoms. The Hall–Kier alpha value is -1.35. The smallest absolute Gasteiger partial charge is 0.223 e. The van der Waals surface area contributed by atoms with E-state index in [-0.39, 0.29) is 5.88 Å². The standard InChI is InChI=1S/C13H15NOS/c1-3-9-5-6-10(4-2)11(7-9)12-8-13(15)14-16-12/h5-8H,3-4H2,1-2H3,(H,14,15). The number of rotatable bonds is 3. The third kappa shape index (κ3) is 2.09. The van der Waals surface area contributed by atoms with E-state index < -0.39 is 0 Å². The van der Waals surface area contributed by atoms with E-state index in [9.17, 15) is 5.11 Å². The summed E-state index contributed by atoms with van der Waals surface area (Å²) >= 11 is 1.35. The van der Waals surface area contributed by atoms with Crippen LogP contribution in [-0.2, 0) is 12.8 Å². The zero-order valence-electron chi connectivity index (χ0n) is 9.53. The number of aromatic hydroxyl groups is 1. The number of aryl methyl sites for hydroxylation is 2. The first-order chi connectivity index (χ1) is 7.74. The van der Waals surface area contributed by atoms with Crippen LogP contribution in [0.25, 0.3) is 10.4 Å². The molecule has 1 N–H and O–H groups in total. The van der Waals surface area contributed by atoms with Gasteiger partial charge in [0.15, 0.2) is 0 Å². The van der Waals surface area contributed by atoms with Gasteiger partial charge in [-0.05, 0) is 41.1 Å². The zero-order valence-corrected chi connectivity index (χ0v) is 10.3. The molecule has 1 heterocycles. The molecule has 0 bridgehead atoms.